The molecule has 0 aliphatic carbocycles. The number of fused-ring (bicyclic) bond motifs is 1. The predicted octanol–water partition coefficient (Wildman–Crippen LogP) is 4.22. The highest BCUT2D eigenvalue weighted by Crippen LogP contribution is 2.22. The lowest BCUT2D eigenvalue weighted by molar-refractivity contribution is 0.415. The Bertz CT molecular complexity index is 531. The number of halogens is 1. The van der Waals surface area contributed by atoms with Crippen LogP contribution in [0.15, 0.2) is 42.5 Å². The molecule has 0 heterocycles. The zero-order valence-electron chi connectivity index (χ0n) is 9.82. The molecule has 0 atom stereocenters. The van der Waals surface area contributed by atoms with E-state index in [0.717, 1.165) is 22.1 Å². The fraction of sp³-hybridized carbons (Fsp3) is 0.200. The van der Waals surface area contributed by atoms with Crippen molar-refractivity contribution in [2.45, 2.75) is 6.42 Å². The molecule has 1 nitrogen and oxygen atoms in total. The van der Waals surface area contributed by atoms with Crippen molar-refractivity contribution in [2.75, 3.05) is 13.8 Å². The smallest absolute Gasteiger partial charge is 0.119 e. The van der Waals surface area contributed by atoms with Crippen LogP contribution in [-0.2, 0) is 0 Å². The van der Waals surface area contributed by atoms with Crippen molar-refractivity contribution in [1.82, 2.24) is 0 Å². The Morgan fingerprint density at radius 1 is 1.12 bits per heavy atom. The van der Waals surface area contributed by atoms with Crippen molar-refractivity contribution in [3.05, 3.63) is 48.0 Å². The average molecular weight is 230 g/mol. The van der Waals surface area contributed by atoms with Gasteiger partial charge in [-0.25, -0.2) is 0 Å². The number of benzene rings is 2. The van der Waals surface area contributed by atoms with Crippen LogP contribution in [0.3, 0.4) is 0 Å². The minimum atomic E-state index is -0.304. The minimum absolute atomic E-state index is 0.304. The first-order chi connectivity index (χ1) is 8.33. The Morgan fingerprint density at radius 2 is 1.88 bits per heavy atom. The third-order valence-corrected chi connectivity index (χ3v) is 2.66. The second-order valence-electron chi connectivity index (χ2n) is 3.85. The van der Waals surface area contributed by atoms with Gasteiger partial charge in [0, 0.05) is 0 Å². The molecule has 2 aromatic rings. The van der Waals surface area contributed by atoms with Gasteiger partial charge in [0.05, 0.1) is 13.8 Å². The molecule has 0 unspecified atom stereocenters. The lowest BCUT2D eigenvalue weighted by Crippen LogP contribution is -1.82. The molecule has 0 aromatic heterocycles. The minimum Gasteiger partial charge on any atom is -0.497 e. The SMILES string of the molecule is COc1ccc2cc(C=CCCF)ccc2c1. The number of hydrogen-bond donors (Lipinski definition) is 0. The maximum atomic E-state index is 12.0. The number of methoxy groups -OCH3 is 1. The molecule has 2 rings (SSSR count). The van der Waals surface area contributed by atoms with Crippen molar-refractivity contribution in [3.8, 4) is 5.75 Å². The maximum absolute atomic E-state index is 12.0. The molecule has 88 valence electrons. The van der Waals surface area contributed by atoms with E-state index in [9.17, 15) is 4.39 Å². The van der Waals surface area contributed by atoms with Crippen LogP contribution in [0.1, 0.15) is 12.0 Å². The summed E-state index contributed by atoms with van der Waals surface area (Å²) in [6.07, 6.45) is 4.27. The second-order valence-corrected chi connectivity index (χ2v) is 3.85. The molecule has 0 bridgehead atoms. The molecule has 0 amide bonds. The van der Waals surface area contributed by atoms with Gasteiger partial charge in [-0.1, -0.05) is 30.4 Å². The van der Waals surface area contributed by atoms with Gasteiger partial charge in [-0.2, -0.15) is 0 Å². The molecular formula is C15H15FO. The van der Waals surface area contributed by atoms with Gasteiger partial charge in [0.25, 0.3) is 0 Å². The third kappa shape index (κ3) is 2.84. The van der Waals surface area contributed by atoms with Crippen molar-refractivity contribution < 1.29 is 9.13 Å². The summed E-state index contributed by atoms with van der Waals surface area (Å²) >= 11 is 0. The number of ether oxygens (including phenoxy) is 1. The van der Waals surface area contributed by atoms with Gasteiger partial charge < -0.3 is 4.74 Å². The molecular weight excluding hydrogens is 215 g/mol. The molecule has 0 aliphatic heterocycles. The van der Waals surface area contributed by atoms with Gasteiger partial charge in [-0.3, -0.25) is 4.39 Å². The number of hydrogen-bond acceptors (Lipinski definition) is 1. The molecule has 0 saturated carbocycles. The largest absolute Gasteiger partial charge is 0.497 e. The molecule has 17 heavy (non-hydrogen) atoms. The van der Waals surface area contributed by atoms with E-state index < -0.39 is 0 Å². The van der Waals surface area contributed by atoms with Gasteiger partial charge in [0.15, 0.2) is 0 Å². The third-order valence-electron chi connectivity index (χ3n) is 2.66. The van der Waals surface area contributed by atoms with Crippen LogP contribution in [0.5, 0.6) is 5.75 Å². The highest BCUT2D eigenvalue weighted by Gasteiger charge is 1.96. The van der Waals surface area contributed by atoms with E-state index in [0.29, 0.717) is 6.42 Å². The maximum Gasteiger partial charge on any atom is 0.119 e. The normalized spacial score (nSPS) is 11.2. The lowest BCUT2D eigenvalue weighted by Gasteiger charge is -2.03. The number of rotatable bonds is 4. The Hall–Kier alpha value is -1.83. The summed E-state index contributed by atoms with van der Waals surface area (Å²) in [6, 6.07) is 12.1. The molecule has 0 N–H and O–H groups in total. The van der Waals surface area contributed by atoms with E-state index in [1.807, 2.05) is 42.5 Å². The summed E-state index contributed by atoms with van der Waals surface area (Å²) < 4.78 is 17.1. The molecule has 0 saturated heterocycles. The quantitative estimate of drug-likeness (QED) is 0.764. The molecule has 0 fully saturated rings. The second kappa shape index (κ2) is 5.48. The van der Waals surface area contributed by atoms with E-state index in [2.05, 4.69) is 6.07 Å². The highest BCUT2D eigenvalue weighted by molar-refractivity contribution is 5.86. The van der Waals surface area contributed by atoms with Crippen LogP contribution < -0.4 is 4.74 Å². The molecule has 0 radical (unpaired) electrons. The molecule has 0 aliphatic rings. The predicted molar refractivity (Wildman–Crippen MR) is 70.1 cm³/mol. The van der Waals surface area contributed by atoms with Gasteiger partial charge in [-0.05, 0) is 41.0 Å². The summed E-state index contributed by atoms with van der Waals surface area (Å²) in [7, 11) is 1.66. The van der Waals surface area contributed by atoms with Crippen LogP contribution in [0, 0.1) is 0 Å². The van der Waals surface area contributed by atoms with E-state index >= 15 is 0 Å². The van der Waals surface area contributed by atoms with Crippen molar-refractivity contribution in [2.24, 2.45) is 0 Å². The Labute approximate surface area is 101 Å². The van der Waals surface area contributed by atoms with Crippen LogP contribution >= 0.6 is 0 Å². The number of alkyl halides is 1. The van der Waals surface area contributed by atoms with Crippen molar-refractivity contribution >= 4 is 16.8 Å². The van der Waals surface area contributed by atoms with E-state index in [1.54, 1.807) is 7.11 Å². The van der Waals surface area contributed by atoms with Gasteiger partial charge in [-0.15, -0.1) is 0 Å². The molecule has 2 aromatic carbocycles. The molecule has 0 spiro atoms. The first-order valence-corrected chi connectivity index (χ1v) is 5.64. The van der Waals surface area contributed by atoms with E-state index in [1.165, 1.54) is 0 Å². The van der Waals surface area contributed by atoms with Crippen LogP contribution in [-0.4, -0.2) is 13.8 Å². The van der Waals surface area contributed by atoms with Gasteiger partial charge in [0.1, 0.15) is 5.75 Å². The fourth-order valence-electron chi connectivity index (χ4n) is 1.76. The standard InChI is InChI=1S/C15H15FO/c1-17-15-8-7-13-10-12(4-2-3-9-16)5-6-14(13)11-15/h2,4-8,10-11H,3,9H2,1H3. The van der Waals surface area contributed by atoms with E-state index in [4.69, 9.17) is 4.74 Å². The Kier molecular flexibility index (Phi) is 3.76. The summed E-state index contributed by atoms with van der Waals surface area (Å²) in [6.45, 7) is -0.304. The van der Waals surface area contributed by atoms with E-state index in [-0.39, 0.29) is 6.67 Å². The first kappa shape index (κ1) is 11.6. The Balaban J connectivity index is 2.31. The average Bonchev–Trinajstić information content (AvgIpc) is 2.38. The monoisotopic (exact) mass is 230 g/mol. The van der Waals surface area contributed by atoms with Crippen LogP contribution in [0.25, 0.3) is 16.8 Å². The van der Waals surface area contributed by atoms with Crippen molar-refractivity contribution in [3.63, 3.8) is 0 Å². The Morgan fingerprint density at radius 3 is 2.65 bits per heavy atom. The van der Waals surface area contributed by atoms with Gasteiger partial charge in [0.2, 0.25) is 0 Å². The van der Waals surface area contributed by atoms with Crippen LogP contribution in [0.2, 0.25) is 0 Å². The summed E-state index contributed by atoms with van der Waals surface area (Å²) in [5.74, 6) is 0.859. The summed E-state index contributed by atoms with van der Waals surface area (Å²) in [5, 5.41) is 2.31. The lowest BCUT2D eigenvalue weighted by atomic mass is 10.1. The number of allylic oxidation sites excluding steroid dienone is 1. The van der Waals surface area contributed by atoms with Crippen molar-refractivity contribution in [1.29, 1.82) is 0 Å². The zero-order chi connectivity index (χ0) is 12.1. The highest BCUT2D eigenvalue weighted by atomic mass is 19.1. The first-order valence-electron chi connectivity index (χ1n) is 5.64. The van der Waals surface area contributed by atoms with Gasteiger partial charge >= 0.3 is 0 Å². The summed E-state index contributed by atoms with van der Waals surface area (Å²) in [5.41, 5.74) is 1.09. The summed E-state index contributed by atoms with van der Waals surface area (Å²) in [4.78, 5) is 0. The fourth-order valence-corrected chi connectivity index (χ4v) is 1.76. The molecule has 2 heteroatoms. The van der Waals surface area contributed by atoms with Crippen LogP contribution in [0.4, 0.5) is 4.39 Å². The topological polar surface area (TPSA) is 9.23 Å². The zero-order valence-corrected chi connectivity index (χ0v) is 9.82.